The maximum atomic E-state index is 9.47. The Morgan fingerprint density at radius 3 is 2.78 bits per heavy atom. The number of benzene rings is 2. The number of hydrogen-bond donors (Lipinski definition) is 2. The molecule has 0 fully saturated rings. The van der Waals surface area contributed by atoms with Crippen LogP contribution in [0.5, 0.6) is 0 Å². The third kappa shape index (κ3) is 6.04. The summed E-state index contributed by atoms with van der Waals surface area (Å²) in [5, 5.41) is 15.3. The summed E-state index contributed by atoms with van der Waals surface area (Å²) in [6, 6.07) is 19.3. The zero-order chi connectivity index (χ0) is 18.9. The number of fused-ring (bicyclic) bond motifs is 1. The van der Waals surface area contributed by atoms with Gasteiger partial charge in [-0.3, -0.25) is 4.98 Å². The second-order valence-electron chi connectivity index (χ2n) is 6.63. The molecule has 3 aromatic rings. The third-order valence-electron chi connectivity index (χ3n) is 4.52. The molecule has 1 aromatic heterocycles. The predicted molar refractivity (Wildman–Crippen MR) is 114 cm³/mol. The average molecular weight is 382 g/mol. The molecule has 0 aliphatic heterocycles. The summed E-state index contributed by atoms with van der Waals surface area (Å²) in [5.74, 6) is 0. The number of aliphatic hydroxyl groups excluding tert-OH is 1. The highest BCUT2D eigenvalue weighted by Crippen LogP contribution is 2.27. The molecular weight excluding hydrogens is 354 g/mol. The van der Waals surface area contributed by atoms with Gasteiger partial charge in [-0.05, 0) is 61.0 Å². The van der Waals surface area contributed by atoms with Crippen LogP contribution in [0, 0.1) is 0 Å². The standard InChI is InChI=1S/C22H27N3OS/c1-18(16-23-11-9-19-5-3-2-4-6-19)25(13-14-26)27-22-8-7-21-17-24-12-10-20(21)15-22/h2-8,10,12,15,17-18,23,26H,9,11,13-14,16H2,1H3/t18-/m1/s1. The topological polar surface area (TPSA) is 48.4 Å². The van der Waals surface area contributed by atoms with Crippen molar-refractivity contribution in [2.45, 2.75) is 24.3 Å². The van der Waals surface area contributed by atoms with E-state index < -0.39 is 0 Å². The van der Waals surface area contributed by atoms with Crippen LogP contribution in [0.2, 0.25) is 0 Å². The van der Waals surface area contributed by atoms with Gasteiger partial charge in [0.2, 0.25) is 0 Å². The number of aliphatic hydroxyl groups is 1. The fourth-order valence-corrected chi connectivity index (χ4v) is 4.01. The number of nitrogens with one attached hydrogen (secondary N) is 1. The van der Waals surface area contributed by atoms with Crippen LogP contribution in [-0.4, -0.2) is 46.7 Å². The Morgan fingerprint density at radius 1 is 1.11 bits per heavy atom. The van der Waals surface area contributed by atoms with Gasteiger partial charge in [0.05, 0.1) is 6.61 Å². The number of pyridine rings is 1. The van der Waals surface area contributed by atoms with Crippen molar-refractivity contribution < 1.29 is 5.11 Å². The van der Waals surface area contributed by atoms with Gasteiger partial charge in [-0.2, -0.15) is 0 Å². The number of aromatic nitrogens is 1. The average Bonchev–Trinajstić information content (AvgIpc) is 2.71. The summed E-state index contributed by atoms with van der Waals surface area (Å²) in [6.07, 6.45) is 4.73. The summed E-state index contributed by atoms with van der Waals surface area (Å²) in [4.78, 5) is 5.35. The van der Waals surface area contributed by atoms with Crippen LogP contribution < -0.4 is 5.32 Å². The summed E-state index contributed by atoms with van der Waals surface area (Å²) in [6.45, 7) is 4.83. The van der Waals surface area contributed by atoms with Crippen molar-refractivity contribution in [3.05, 3.63) is 72.6 Å². The molecule has 0 spiro atoms. The van der Waals surface area contributed by atoms with Crippen LogP contribution in [0.1, 0.15) is 12.5 Å². The molecule has 27 heavy (non-hydrogen) atoms. The first-order chi connectivity index (χ1) is 13.3. The monoisotopic (exact) mass is 381 g/mol. The molecule has 142 valence electrons. The second kappa shape index (κ2) is 10.4. The molecule has 0 saturated carbocycles. The minimum atomic E-state index is 0.152. The number of rotatable bonds is 10. The van der Waals surface area contributed by atoms with E-state index in [0.717, 1.165) is 24.9 Å². The first-order valence-electron chi connectivity index (χ1n) is 9.40. The number of hydrogen-bond acceptors (Lipinski definition) is 5. The normalized spacial score (nSPS) is 12.6. The minimum Gasteiger partial charge on any atom is -0.395 e. The molecule has 0 amide bonds. The van der Waals surface area contributed by atoms with Gasteiger partial charge in [0.25, 0.3) is 0 Å². The SMILES string of the molecule is C[C@H](CNCCc1ccccc1)N(CCO)Sc1ccc2cnccc2c1. The first kappa shape index (κ1) is 19.8. The molecule has 2 N–H and O–H groups in total. The van der Waals surface area contributed by atoms with E-state index in [-0.39, 0.29) is 6.61 Å². The first-order valence-corrected chi connectivity index (χ1v) is 10.2. The number of nitrogens with zero attached hydrogens (tertiary/aromatic N) is 2. The molecule has 0 radical (unpaired) electrons. The Labute approximate surface area is 165 Å². The van der Waals surface area contributed by atoms with E-state index in [0.29, 0.717) is 12.6 Å². The zero-order valence-electron chi connectivity index (χ0n) is 15.7. The Morgan fingerprint density at radius 2 is 1.96 bits per heavy atom. The highest BCUT2D eigenvalue weighted by atomic mass is 32.2. The maximum absolute atomic E-state index is 9.47. The van der Waals surface area contributed by atoms with Crippen molar-refractivity contribution in [1.29, 1.82) is 0 Å². The Kier molecular flexibility index (Phi) is 7.66. The van der Waals surface area contributed by atoms with Crippen molar-refractivity contribution >= 4 is 22.7 Å². The fraction of sp³-hybridized carbons (Fsp3) is 0.318. The molecular formula is C22H27N3OS. The summed E-state index contributed by atoms with van der Waals surface area (Å²) in [5.41, 5.74) is 1.35. The van der Waals surface area contributed by atoms with Crippen LogP contribution in [-0.2, 0) is 6.42 Å². The van der Waals surface area contributed by atoms with Crippen LogP contribution in [0.4, 0.5) is 0 Å². The molecule has 0 saturated heterocycles. The quantitative estimate of drug-likeness (QED) is 0.414. The van der Waals surface area contributed by atoms with Gasteiger partial charge < -0.3 is 10.4 Å². The van der Waals surface area contributed by atoms with Gasteiger partial charge in [0.15, 0.2) is 0 Å². The molecule has 3 rings (SSSR count). The van der Waals surface area contributed by atoms with Gasteiger partial charge in [-0.25, -0.2) is 4.31 Å². The van der Waals surface area contributed by atoms with E-state index in [4.69, 9.17) is 0 Å². The molecule has 1 heterocycles. The van der Waals surface area contributed by atoms with E-state index in [1.54, 1.807) is 11.9 Å². The molecule has 4 nitrogen and oxygen atoms in total. The van der Waals surface area contributed by atoms with Crippen molar-refractivity contribution in [1.82, 2.24) is 14.6 Å². The van der Waals surface area contributed by atoms with E-state index >= 15 is 0 Å². The van der Waals surface area contributed by atoms with E-state index in [1.807, 2.05) is 24.5 Å². The molecule has 0 aliphatic rings. The van der Waals surface area contributed by atoms with Crippen molar-refractivity contribution in [3.63, 3.8) is 0 Å². The van der Waals surface area contributed by atoms with Gasteiger partial charge in [0, 0.05) is 41.8 Å². The summed E-state index contributed by atoms with van der Waals surface area (Å²) in [7, 11) is 0. The predicted octanol–water partition coefficient (Wildman–Crippen LogP) is 3.76. The van der Waals surface area contributed by atoms with Crippen LogP contribution in [0.15, 0.2) is 71.9 Å². The Balaban J connectivity index is 1.53. The fourth-order valence-electron chi connectivity index (χ4n) is 3.00. The molecule has 2 aromatic carbocycles. The lowest BCUT2D eigenvalue weighted by Gasteiger charge is -2.27. The molecule has 5 heteroatoms. The lowest BCUT2D eigenvalue weighted by atomic mass is 10.1. The molecule has 1 atom stereocenters. The van der Waals surface area contributed by atoms with Crippen molar-refractivity contribution in [2.24, 2.45) is 0 Å². The highest BCUT2D eigenvalue weighted by molar-refractivity contribution is 7.97. The zero-order valence-corrected chi connectivity index (χ0v) is 16.5. The molecule has 0 unspecified atom stereocenters. The van der Waals surface area contributed by atoms with E-state index in [1.165, 1.54) is 15.8 Å². The van der Waals surface area contributed by atoms with Gasteiger partial charge in [-0.15, -0.1) is 0 Å². The second-order valence-corrected chi connectivity index (χ2v) is 7.75. The van der Waals surface area contributed by atoms with E-state index in [9.17, 15) is 5.11 Å². The lowest BCUT2D eigenvalue weighted by molar-refractivity contribution is 0.240. The smallest absolute Gasteiger partial charge is 0.0568 e. The van der Waals surface area contributed by atoms with Crippen molar-refractivity contribution in [2.75, 3.05) is 26.2 Å². The van der Waals surface area contributed by atoms with E-state index in [2.05, 4.69) is 64.0 Å². The third-order valence-corrected chi connectivity index (χ3v) is 5.76. The van der Waals surface area contributed by atoms with Crippen LogP contribution in [0.3, 0.4) is 0 Å². The lowest BCUT2D eigenvalue weighted by Crippen LogP contribution is -2.38. The van der Waals surface area contributed by atoms with Crippen LogP contribution >= 0.6 is 11.9 Å². The Hall–Kier alpha value is -1.92. The largest absolute Gasteiger partial charge is 0.395 e. The summed E-state index contributed by atoms with van der Waals surface area (Å²) >= 11 is 1.70. The molecule has 0 bridgehead atoms. The van der Waals surface area contributed by atoms with Gasteiger partial charge >= 0.3 is 0 Å². The Bertz CT molecular complexity index is 828. The van der Waals surface area contributed by atoms with Crippen LogP contribution in [0.25, 0.3) is 10.8 Å². The highest BCUT2D eigenvalue weighted by Gasteiger charge is 2.15. The van der Waals surface area contributed by atoms with Gasteiger partial charge in [-0.1, -0.05) is 36.4 Å². The van der Waals surface area contributed by atoms with Crippen molar-refractivity contribution in [3.8, 4) is 0 Å². The minimum absolute atomic E-state index is 0.152. The summed E-state index contributed by atoms with van der Waals surface area (Å²) < 4.78 is 2.25. The maximum Gasteiger partial charge on any atom is 0.0568 e. The van der Waals surface area contributed by atoms with Gasteiger partial charge in [0.1, 0.15) is 0 Å². The molecule has 0 aliphatic carbocycles.